The quantitative estimate of drug-likeness (QED) is 0.486. The molecule has 1 heterocycles. The van der Waals surface area contributed by atoms with Crippen LogP contribution < -0.4 is 5.56 Å². The van der Waals surface area contributed by atoms with E-state index in [1.807, 2.05) is 18.2 Å². The van der Waals surface area contributed by atoms with Crippen LogP contribution in [0.1, 0.15) is 0 Å². The maximum atomic E-state index is 12.1. The van der Waals surface area contributed by atoms with E-state index < -0.39 is 0 Å². The Bertz CT molecular complexity index is 612. The molecule has 0 unspecified atom stereocenters. The average molecular weight is 280 g/mol. The lowest BCUT2D eigenvalue weighted by Gasteiger charge is -2.08. The Hall–Kier alpha value is -1.37. The molecule has 102 valence electrons. The lowest BCUT2D eigenvalue weighted by Crippen LogP contribution is -2.20. The highest BCUT2D eigenvalue weighted by Gasteiger charge is 2.07. The summed E-state index contributed by atoms with van der Waals surface area (Å²) in [4.78, 5) is 16.6. The molecule has 1 N–H and O–H groups in total. The minimum Gasteiger partial charge on any atom is -0.394 e. The fraction of sp³-hybridized carbons (Fsp3) is 0.385. The van der Waals surface area contributed by atoms with E-state index in [1.165, 1.54) is 11.8 Å². The van der Waals surface area contributed by atoms with E-state index in [0.717, 1.165) is 0 Å². The van der Waals surface area contributed by atoms with Gasteiger partial charge < -0.3 is 9.84 Å². The second-order valence-electron chi connectivity index (χ2n) is 3.96. The highest BCUT2D eigenvalue weighted by molar-refractivity contribution is 7.99. The Morgan fingerprint density at radius 2 is 2.16 bits per heavy atom. The topological polar surface area (TPSA) is 64.3 Å². The van der Waals surface area contributed by atoms with Gasteiger partial charge in [-0.2, -0.15) is 0 Å². The zero-order chi connectivity index (χ0) is 13.7. The van der Waals surface area contributed by atoms with Crippen LogP contribution in [0.4, 0.5) is 0 Å². The minimum atomic E-state index is -0.0376. The van der Waals surface area contributed by atoms with Crippen LogP contribution in [-0.4, -0.2) is 40.2 Å². The molecule has 0 aliphatic heterocycles. The smallest absolute Gasteiger partial charge is 0.261 e. The van der Waals surface area contributed by atoms with Gasteiger partial charge in [-0.05, 0) is 12.1 Å². The van der Waals surface area contributed by atoms with E-state index in [2.05, 4.69) is 4.98 Å². The second-order valence-corrected chi connectivity index (χ2v) is 5.02. The van der Waals surface area contributed by atoms with Gasteiger partial charge in [-0.25, -0.2) is 4.98 Å². The first-order valence-corrected chi connectivity index (χ1v) is 7.00. The van der Waals surface area contributed by atoms with Crippen molar-refractivity contribution in [3.8, 4) is 0 Å². The summed E-state index contributed by atoms with van der Waals surface area (Å²) in [5.41, 5.74) is 0.675. The molecule has 0 radical (unpaired) electrons. The predicted molar refractivity (Wildman–Crippen MR) is 75.6 cm³/mol. The molecule has 5 nitrogen and oxygen atoms in total. The Kier molecular flexibility index (Phi) is 4.95. The zero-order valence-electron chi connectivity index (χ0n) is 10.7. The van der Waals surface area contributed by atoms with Crippen molar-refractivity contribution >= 4 is 22.7 Å². The van der Waals surface area contributed by atoms with Gasteiger partial charge in [0.1, 0.15) is 0 Å². The number of benzene rings is 1. The molecule has 0 saturated heterocycles. The van der Waals surface area contributed by atoms with E-state index in [9.17, 15) is 4.79 Å². The Balaban J connectivity index is 2.15. The molecule has 19 heavy (non-hydrogen) atoms. The first kappa shape index (κ1) is 14.0. The molecule has 0 spiro atoms. The first-order chi connectivity index (χ1) is 9.24. The van der Waals surface area contributed by atoms with Crippen molar-refractivity contribution in [2.45, 2.75) is 5.16 Å². The normalized spacial score (nSPS) is 11.1. The highest BCUT2D eigenvalue weighted by atomic mass is 32.2. The first-order valence-electron chi connectivity index (χ1n) is 6.01. The van der Waals surface area contributed by atoms with Gasteiger partial charge in [-0.1, -0.05) is 23.9 Å². The molecule has 0 saturated carbocycles. The fourth-order valence-corrected chi connectivity index (χ4v) is 2.51. The third-order valence-electron chi connectivity index (χ3n) is 2.64. The number of rotatable bonds is 6. The number of hydrogen-bond donors (Lipinski definition) is 1. The molecule has 0 aliphatic rings. The van der Waals surface area contributed by atoms with Crippen LogP contribution in [0.15, 0.2) is 34.2 Å². The van der Waals surface area contributed by atoms with Crippen LogP contribution in [0.3, 0.4) is 0 Å². The monoisotopic (exact) mass is 280 g/mol. The lowest BCUT2D eigenvalue weighted by atomic mass is 10.2. The summed E-state index contributed by atoms with van der Waals surface area (Å²) in [6.07, 6.45) is 0. The number of para-hydroxylation sites is 1. The standard InChI is InChI=1S/C13H16N2O3S/c1-15-12(17)10-4-2-3-5-11(10)14-13(15)19-9-8-18-7-6-16/h2-5,16H,6-9H2,1H3. The fourth-order valence-electron chi connectivity index (χ4n) is 1.69. The van der Waals surface area contributed by atoms with Crippen LogP contribution in [0.5, 0.6) is 0 Å². The zero-order valence-corrected chi connectivity index (χ0v) is 11.5. The molecule has 0 amide bonds. The van der Waals surface area contributed by atoms with Gasteiger partial charge in [0.25, 0.3) is 5.56 Å². The number of aromatic nitrogens is 2. The molecule has 0 fully saturated rings. The summed E-state index contributed by atoms with van der Waals surface area (Å²) in [5.74, 6) is 0.693. The molecule has 6 heteroatoms. The Labute approximate surface area is 115 Å². The van der Waals surface area contributed by atoms with Crippen molar-refractivity contribution in [2.24, 2.45) is 7.05 Å². The van der Waals surface area contributed by atoms with Crippen LogP contribution in [0.2, 0.25) is 0 Å². The lowest BCUT2D eigenvalue weighted by molar-refractivity contribution is 0.103. The van der Waals surface area contributed by atoms with Crippen molar-refractivity contribution in [3.63, 3.8) is 0 Å². The third kappa shape index (κ3) is 3.34. The van der Waals surface area contributed by atoms with E-state index >= 15 is 0 Å². The van der Waals surface area contributed by atoms with Crippen LogP contribution >= 0.6 is 11.8 Å². The summed E-state index contributed by atoms with van der Waals surface area (Å²) >= 11 is 1.47. The van der Waals surface area contributed by atoms with Gasteiger partial charge in [0.15, 0.2) is 5.16 Å². The number of fused-ring (bicyclic) bond motifs is 1. The molecule has 0 atom stereocenters. The van der Waals surface area contributed by atoms with Gasteiger partial charge in [0.2, 0.25) is 0 Å². The summed E-state index contributed by atoms with van der Waals surface area (Å²) in [6, 6.07) is 7.32. The number of nitrogens with zero attached hydrogens (tertiary/aromatic N) is 2. The third-order valence-corrected chi connectivity index (χ3v) is 3.63. The van der Waals surface area contributed by atoms with Crippen molar-refractivity contribution < 1.29 is 9.84 Å². The van der Waals surface area contributed by atoms with Gasteiger partial charge in [-0.15, -0.1) is 0 Å². The van der Waals surface area contributed by atoms with Gasteiger partial charge >= 0.3 is 0 Å². The second kappa shape index (κ2) is 6.70. The van der Waals surface area contributed by atoms with Gasteiger partial charge in [-0.3, -0.25) is 9.36 Å². The Morgan fingerprint density at radius 3 is 2.95 bits per heavy atom. The molecule has 1 aromatic carbocycles. The maximum absolute atomic E-state index is 12.1. The molecular weight excluding hydrogens is 264 g/mol. The number of hydrogen-bond acceptors (Lipinski definition) is 5. The predicted octanol–water partition coefficient (Wildman–Crippen LogP) is 1.03. The number of ether oxygens (including phenoxy) is 1. The van der Waals surface area contributed by atoms with Crippen LogP contribution in [0, 0.1) is 0 Å². The summed E-state index contributed by atoms with van der Waals surface area (Å²) < 4.78 is 6.73. The molecule has 2 rings (SSSR count). The highest BCUT2D eigenvalue weighted by Crippen LogP contribution is 2.16. The number of thioether (sulfide) groups is 1. The Morgan fingerprint density at radius 1 is 1.37 bits per heavy atom. The number of aliphatic hydroxyl groups excluding tert-OH is 1. The van der Waals surface area contributed by atoms with Crippen molar-refractivity contribution in [1.29, 1.82) is 0 Å². The molecule has 0 bridgehead atoms. The van der Waals surface area contributed by atoms with E-state index in [4.69, 9.17) is 9.84 Å². The maximum Gasteiger partial charge on any atom is 0.261 e. The molecule has 0 aliphatic carbocycles. The summed E-state index contributed by atoms with van der Waals surface area (Å²) in [6.45, 7) is 0.885. The summed E-state index contributed by atoms with van der Waals surface area (Å²) in [5, 5.41) is 9.90. The van der Waals surface area contributed by atoms with Crippen LogP contribution in [0.25, 0.3) is 10.9 Å². The molecule has 2 aromatic rings. The van der Waals surface area contributed by atoms with Crippen molar-refractivity contribution in [3.05, 3.63) is 34.6 Å². The van der Waals surface area contributed by atoms with Gasteiger partial charge in [0, 0.05) is 12.8 Å². The van der Waals surface area contributed by atoms with E-state index in [1.54, 1.807) is 17.7 Å². The largest absolute Gasteiger partial charge is 0.394 e. The van der Waals surface area contributed by atoms with E-state index in [0.29, 0.717) is 35.0 Å². The van der Waals surface area contributed by atoms with Crippen LogP contribution in [-0.2, 0) is 11.8 Å². The SMILES string of the molecule is Cn1c(SCCOCCO)nc2ccccc2c1=O. The van der Waals surface area contributed by atoms with Gasteiger partial charge in [0.05, 0.1) is 30.7 Å². The summed E-state index contributed by atoms with van der Waals surface area (Å²) in [7, 11) is 1.72. The van der Waals surface area contributed by atoms with E-state index in [-0.39, 0.29) is 12.2 Å². The molecule has 1 aromatic heterocycles. The average Bonchev–Trinajstić information content (AvgIpc) is 2.44. The molecular formula is C13H16N2O3S. The number of aliphatic hydroxyl groups is 1. The van der Waals surface area contributed by atoms with Crippen molar-refractivity contribution in [1.82, 2.24) is 9.55 Å². The minimum absolute atomic E-state index is 0.0252. The van der Waals surface area contributed by atoms with Crippen molar-refractivity contribution in [2.75, 3.05) is 25.6 Å².